The molecule has 98 valence electrons. The van der Waals surface area contributed by atoms with Gasteiger partial charge in [0.1, 0.15) is 5.69 Å². The van der Waals surface area contributed by atoms with Crippen molar-refractivity contribution in [1.29, 1.82) is 0 Å². The van der Waals surface area contributed by atoms with Gasteiger partial charge in [0.25, 0.3) is 5.91 Å². The smallest absolute Gasteiger partial charge is 0.274 e. The highest BCUT2D eigenvalue weighted by Crippen LogP contribution is 2.32. The molecule has 0 saturated heterocycles. The first-order valence-corrected chi connectivity index (χ1v) is 7.32. The van der Waals surface area contributed by atoms with Crippen molar-refractivity contribution in [3.63, 3.8) is 0 Å². The zero-order valence-corrected chi connectivity index (χ0v) is 13.8. The second-order valence-electron chi connectivity index (χ2n) is 3.92. The van der Waals surface area contributed by atoms with Gasteiger partial charge in [0, 0.05) is 20.2 Å². The van der Waals surface area contributed by atoms with Crippen molar-refractivity contribution in [2.45, 2.75) is 6.92 Å². The Balaban J connectivity index is 2.29. The van der Waals surface area contributed by atoms with E-state index in [-0.39, 0.29) is 11.6 Å². The fraction of sp³-hybridized carbons (Fsp3) is 0.0769. The molecule has 2 rings (SSSR count). The number of benzene rings is 1. The highest BCUT2D eigenvalue weighted by Gasteiger charge is 2.13. The molecule has 2 aromatic rings. The van der Waals surface area contributed by atoms with Crippen molar-refractivity contribution in [3.05, 3.63) is 55.7 Å². The third-order valence-electron chi connectivity index (χ3n) is 2.38. The highest BCUT2D eigenvalue weighted by atomic mass is 79.9. The maximum absolute atomic E-state index is 12.1. The number of carbonyl (C=O) groups excluding carboxylic acids is 1. The third kappa shape index (κ3) is 3.55. The molecule has 1 heterocycles. The van der Waals surface area contributed by atoms with Crippen molar-refractivity contribution >= 4 is 55.1 Å². The lowest BCUT2D eigenvalue weighted by Gasteiger charge is -2.10. The van der Waals surface area contributed by atoms with Gasteiger partial charge in [-0.05, 0) is 68.6 Å². The molecule has 0 unspecified atom stereocenters. The van der Waals surface area contributed by atoms with E-state index in [1.807, 2.05) is 19.1 Å². The summed E-state index contributed by atoms with van der Waals surface area (Å²) in [5, 5.41) is 3.27. The van der Waals surface area contributed by atoms with Crippen LogP contribution < -0.4 is 5.32 Å². The Bertz CT molecular complexity index is 623. The van der Waals surface area contributed by atoms with Crippen LogP contribution in [0, 0.1) is 6.92 Å². The Hall–Kier alpha value is -0.910. The molecule has 1 aromatic heterocycles. The minimum Gasteiger partial charge on any atom is -0.319 e. The van der Waals surface area contributed by atoms with Gasteiger partial charge in [-0.15, -0.1) is 0 Å². The zero-order chi connectivity index (χ0) is 14.0. The van der Waals surface area contributed by atoms with Crippen LogP contribution >= 0.6 is 43.5 Å². The van der Waals surface area contributed by atoms with Gasteiger partial charge in [0.15, 0.2) is 0 Å². The number of nitrogens with zero attached hydrogens (tertiary/aromatic N) is 1. The molecule has 1 N–H and O–H groups in total. The Labute approximate surface area is 132 Å². The maximum atomic E-state index is 12.1. The number of rotatable bonds is 2. The molecule has 0 bridgehead atoms. The summed E-state index contributed by atoms with van der Waals surface area (Å²) in [5.74, 6) is -0.312. The predicted molar refractivity (Wildman–Crippen MR) is 83.8 cm³/mol. The first-order chi connectivity index (χ1) is 8.97. The van der Waals surface area contributed by atoms with E-state index in [0.29, 0.717) is 10.7 Å². The highest BCUT2D eigenvalue weighted by molar-refractivity contribution is 9.11. The molecule has 0 aliphatic heterocycles. The first-order valence-electron chi connectivity index (χ1n) is 5.36. The second kappa shape index (κ2) is 6.03. The number of anilines is 1. The van der Waals surface area contributed by atoms with Crippen LogP contribution in [0.5, 0.6) is 0 Å². The lowest BCUT2D eigenvalue weighted by Crippen LogP contribution is -2.14. The number of hydrogen-bond acceptors (Lipinski definition) is 2. The summed E-state index contributed by atoms with van der Waals surface area (Å²) in [7, 11) is 0. The molecular weight excluding hydrogens is 395 g/mol. The van der Waals surface area contributed by atoms with E-state index in [4.69, 9.17) is 11.6 Å². The number of aryl methyl sites for hydroxylation is 1. The van der Waals surface area contributed by atoms with E-state index in [1.54, 1.807) is 6.07 Å². The van der Waals surface area contributed by atoms with Crippen LogP contribution in [0.4, 0.5) is 5.69 Å². The molecule has 0 aliphatic rings. The maximum Gasteiger partial charge on any atom is 0.274 e. The van der Waals surface area contributed by atoms with Gasteiger partial charge in [0.05, 0.1) is 5.69 Å². The van der Waals surface area contributed by atoms with Crippen LogP contribution in [0.15, 0.2) is 39.4 Å². The van der Waals surface area contributed by atoms with Crippen LogP contribution in [0.2, 0.25) is 5.02 Å². The van der Waals surface area contributed by atoms with Crippen molar-refractivity contribution in [2.24, 2.45) is 0 Å². The second-order valence-corrected chi connectivity index (χ2v) is 6.06. The first kappa shape index (κ1) is 14.5. The summed E-state index contributed by atoms with van der Waals surface area (Å²) in [4.78, 5) is 16.1. The topological polar surface area (TPSA) is 42.0 Å². The average Bonchev–Trinajstić information content (AvgIpc) is 2.33. The molecule has 1 aromatic carbocycles. The number of nitrogens with one attached hydrogen (secondary N) is 1. The molecule has 0 spiro atoms. The number of aromatic nitrogens is 1. The van der Waals surface area contributed by atoms with E-state index in [2.05, 4.69) is 42.2 Å². The SMILES string of the molecule is Cc1cc(Br)c(NC(=O)c2cc(Cl)ccn2)c(Br)c1. The van der Waals surface area contributed by atoms with Crippen LogP contribution in [-0.4, -0.2) is 10.9 Å². The van der Waals surface area contributed by atoms with Crippen molar-refractivity contribution in [2.75, 3.05) is 5.32 Å². The Kier molecular flexibility index (Phi) is 4.60. The monoisotopic (exact) mass is 402 g/mol. The molecule has 0 saturated carbocycles. The molecule has 1 amide bonds. The fourth-order valence-corrected chi connectivity index (χ4v) is 3.30. The quantitative estimate of drug-likeness (QED) is 0.780. The van der Waals surface area contributed by atoms with Crippen LogP contribution in [0.3, 0.4) is 0 Å². The Morgan fingerprint density at radius 1 is 1.26 bits per heavy atom. The molecule has 6 heteroatoms. The third-order valence-corrected chi connectivity index (χ3v) is 3.87. The molecule has 19 heavy (non-hydrogen) atoms. The normalized spacial score (nSPS) is 10.3. The molecular formula is C13H9Br2ClN2O. The van der Waals surface area contributed by atoms with Gasteiger partial charge < -0.3 is 5.32 Å². The summed E-state index contributed by atoms with van der Waals surface area (Å²) in [6.45, 7) is 1.97. The van der Waals surface area contributed by atoms with Crippen LogP contribution in [0.1, 0.15) is 16.1 Å². The summed E-state index contributed by atoms with van der Waals surface area (Å²) in [6.07, 6.45) is 1.50. The zero-order valence-electron chi connectivity index (χ0n) is 9.88. The molecule has 0 radical (unpaired) electrons. The van der Waals surface area contributed by atoms with Gasteiger partial charge >= 0.3 is 0 Å². The van der Waals surface area contributed by atoms with Crippen molar-refractivity contribution in [1.82, 2.24) is 4.98 Å². The lowest BCUT2D eigenvalue weighted by molar-refractivity contribution is 0.102. The number of carbonyl (C=O) groups is 1. The summed E-state index contributed by atoms with van der Waals surface area (Å²) in [6, 6.07) is 6.99. The number of amides is 1. The lowest BCUT2D eigenvalue weighted by atomic mass is 10.2. The van der Waals surface area contributed by atoms with Gasteiger partial charge in [-0.25, -0.2) is 0 Å². The predicted octanol–water partition coefficient (Wildman–Crippen LogP) is 4.82. The van der Waals surface area contributed by atoms with Gasteiger partial charge in [-0.3, -0.25) is 9.78 Å². The fourth-order valence-electron chi connectivity index (χ4n) is 1.53. The molecule has 0 aliphatic carbocycles. The summed E-state index contributed by atoms with van der Waals surface area (Å²) >= 11 is 12.7. The van der Waals surface area contributed by atoms with E-state index >= 15 is 0 Å². The molecule has 0 atom stereocenters. The minimum atomic E-state index is -0.312. The number of pyridine rings is 1. The molecule has 3 nitrogen and oxygen atoms in total. The van der Waals surface area contributed by atoms with E-state index in [1.165, 1.54) is 12.3 Å². The number of halogens is 3. The Morgan fingerprint density at radius 3 is 2.47 bits per heavy atom. The van der Waals surface area contributed by atoms with E-state index in [9.17, 15) is 4.79 Å². The number of hydrogen-bond donors (Lipinski definition) is 1. The van der Waals surface area contributed by atoms with Crippen molar-refractivity contribution in [3.8, 4) is 0 Å². The van der Waals surface area contributed by atoms with Crippen LogP contribution in [0.25, 0.3) is 0 Å². The summed E-state index contributed by atoms with van der Waals surface area (Å²) in [5.41, 5.74) is 2.02. The van der Waals surface area contributed by atoms with Gasteiger partial charge in [-0.2, -0.15) is 0 Å². The van der Waals surface area contributed by atoms with Gasteiger partial charge in [-0.1, -0.05) is 11.6 Å². The van der Waals surface area contributed by atoms with E-state index < -0.39 is 0 Å². The van der Waals surface area contributed by atoms with Crippen LogP contribution in [-0.2, 0) is 0 Å². The minimum absolute atomic E-state index is 0.270. The standard InChI is InChI=1S/C13H9Br2ClN2O/c1-7-4-9(14)12(10(15)5-7)18-13(19)11-6-8(16)2-3-17-11/h2-6H,1H3,(H,18,19). The molecule has 0 fully saturated rings. The largest absolute Gasteiger partial charge is 0.319 e. The average molecular weight is 404 g/mol. The summed E-state index contributed by atoms with van der Waals surface area (Å²) < 4.78 is 1.60. The van der Waals surface area contributed by atoms with E-state index in [0.717, 1.165) is 14.5 Å². The van der Waals surface area contributed by atoms with Gasteiger partial charge in [0.2, 0.25) is 0 Å². The Morgan fingerprint density at radius 2 is 1.89 bits per heavy atom. The van der Waals surface area contributed by atoms with Crippen molar-refractivity contribution < 1.29 is 4.79 Å².